The molecule has 1 aliphatic heterocycles. The Morgan fingerprint density at radius 1 is 1.32 bits per heavy atom. The monoisotopic (exact) mass is 334 g/mol. The zero-order valence-corrected chi connectivity index (χ0v) is 12.6. The molecule has 0 radical (unpaired) electrons. The predicted molar refractivity (Wildman–Crippen MR) is 78.8 cm³/mol. The highest BCUT2D eigenvalue weighted by molar-refractivity contribution is 8.00. The Morgan fingerprint density at radius 3 is 2.68 bits per heavy atom. The fourth-order valence-corrected chi connectivity index (χ4v) is 2.75. The van der Waals surface area contributed by atoms with E-state index >= 15 is 0 Å². The first kappa shape index (κ1) is 17.1. The van der Waals surface area contributed by atoms with Gasteiger partial charge in [0.25, 0.3) is 0 Å². The van der Waals surface area contributed by atoms with Gasteiger partial charge in [-0.25, -0.2) is 0 Å². The maximum atomic E-state index is 12.5. The van der Waals surface area contributed by atoms with Crippen molar-refractivity contribution in [3.63, 3.8) is 0 Å². The Morgan fingerprint density at radius 2 is 2.00 bits per heavy atom. The van der Waals surface area contributed by atoms with Crippen molar-refractivity contribution in [3.8, 4) is 0 Å². The molecule has 22 heavy (non-hydrogen) atoms. The molecule has 0 aromatic heterocycles. The molecule has 1 saturated heterocycles. The quantitative estimate of drug-likeness (QED) is 0.813. The number of nitrogens with one attached hydrogen (secondary N) is 2. The highest BCUT2D eigenvalue weighted by Crippen LogP contribution is 2.40. The van der Waals surface area contributed by atoms with Gasteiger partial charge in [-0.05, 0) is 49.8 Å². The van der Waals surface area contributed by atoms with Crippen LogP contribution in [-0.4, -0.2) is 37.2 Å². The van der Waals surface area contributed by atoms with Crippen LogP contribution in [0.5, 0.6) is 0 Å². The number of alkyl halides is 3. The van der Waals surface area contributed by atoms with Crippen molar-refractivity contribution in [3.05, 3.63) is 24.3 Å². The molecule has 0 atom stereocenters. The summed E-state index contributed by atoms with van der Waals surface area (Å²) in [6.45, 7) is 1.53. The second-order valence-electron chi connectivity index (χ2n) is 4.85. The normalized spacial score (nSPS) is 16.5. The Kier molecular flexibility index (Phi) is 6.10. The van der Waals surface area contributed by atoms with Gasteiger partial charge in [0, 0.05) is 4.90 Å². The van der Waals surface area contributed by atoms with Crippen LogP contribution in [0.1, 0.15) is 12.8 Å². The zero-order valence-electron chi connectivity index (χ0n) is 11.8. The van der Waals surface area contributed by atoms with Crippen LogP contribution in [0.4, 0.5) is 18.9 Å². The van der Waals surface area contributed by atoms with E-state index in [2.05, 4.69) is 10.6 Å². The van der Waals surface area contributed by atoms with Gasteiger partial charge in [0.15, 0.2) is 0 Å². The first-order valence-electron chi connectivity index (χ1n) is 6.91. The molecule has 2 rings (SSSR count). The summed E-state index contributed by atoms with van der Waals surface area (Å²) in [5.41, 5.74) is -4.25. The van der Waals surface area contributed by atoms with Crippen LogP contribution < -0.4 is 10.6 Å². The lowest BCUT2D eigenvalue weighted by atomic mass is 10.1. The number of piperidine rings is 1. The summed E-state index contributed by atoms with van der Waals surface area (Å²) >= 11 is -0.248. The smallest absolute Gasteiger partial charge is 0.368 e. The number of benzene rings is 1. The van der Waals surface area contributed by atoms with Crippen molar-refractivity contribution in [2.75, 3.05) is 25.0 Å². The molecule has 0 aliphatic carbocycles. The van der Waals surface area contributed by atoms with E-state index in [0.29, 0.717) is 0 Å². The molecule has 8 heteroatoms. The maximum Gasteiger partial charge on any atom is 0.446 e. The third kappa shape index (κ3) is 5.86. The van der Waals surface area contributed by atoms with Gasteiger partial charge in [-0.2, -0.15) is 13.2 Å². The second-order valence-corrected chi connectivity index (χ2v) is 5.96. The van der Waals surface area contributed by atoms with E-state index in [0.717, 1.165) is 25.9 Å². The van der Waals surface area contributed by atoms with Gasteiger partial charge in [-0.3, -0.25) is 4.79 Å². The number of para-hydroxylation sites is 1. The van der Waals surface area contributed by atoms with Crippen LogP contribution >= 0.6 is 11.8 Å². The van der Waals surface area contributed by atoms with E-state index in [-0.39, 0.29) is 35.1 Å². The summed E-state index contributed by atoms with van der Waals surface area (Å²) in [4.78, 5) is 11.8. The van der Waals surface area contributed by atoms with Crippen molar-refractivity contribution < 1.29 is 22.7 Å². The van der Waals surface area contributed by atoms with Gasteiger partial charge < -0.3 is 15.4 Å². The molecule has 4 nitrogen and oxygen atoms in total. The van der Waals surface area contributed by atoms with Gasteiger partial charge >= 0.3 is 5.51 Å². The molecule has 1 aromatic carbocycles. The summed E-state index contributed by atoms with van der Waals surface area (Å²) in [6.07, 6.45) is 1.67. The van der Waals surface area contributed by atoms with Gasteiger partial charge in [0.1, 0.15) is 6.61 Å². The number of hydrogen-bond donors (Lipinski definition) is 2. The molecule has 0 unspecified atom stereocenters. The molecule has 1 heterocycles. The number of hydrogen-bond acceptors (Lipinski definition) is 4. The minimum absolute atomic E-state index is 0.0202. The van der Waals surface area contributed by atoms with Crippen molar-refractivity contribution >= 4 is 23.4 Å². The van der Waals surface area contributed by atoms with Crippen LogP contribution in [0.3, 0.4) is 0 Å². The Hall–Kier alpha value is -1.25. The molecule has 0 bridgehead atoms. The summed E-state index contributed by atoms with van der Waals surface area (Å²) in [5.74, 6) is -0.450. The molecule has 0 saturated carbocycles. The van der Waals surface area contributed by atoms with Crippen LogP contribution in [-0.2, 0) is 9.53 Å². The van der Waals surface area contributed by atoms with Crippen molar-refractivity contribution in [2.24, 2.45) is 0 Å². The van der Waals surface area contributed by atoms with Crippen molar-refractivity contribution in [1.29, 1.82) is 0 Å². The lowest BCUT2D eigenvalue weighted by molar-refractivity contribution is -0.123. The van der Waals surface area contributed by atoms with E-state index in [1.807, 2.05) is 0 Å². The third-order valence-electron chi connectivity index (χ3n) is 3.12. The number of anilines is 1. The van der Waals surface area contributed by atoms with Crippen LogP contribution in [0.2, 0.25) is 0 Å². The zero-order chi connectivity index (χ0) is 16.0. The van der Waals surface area contributed by atoms with E-state index in [1.165, 1.54) is 18.2 Å². The Bertz CT molecular complexity index is 505. The topological polar surface area (TPSA) is 50.4 Å². The van der Waals surface area contributed by atoms with Crippen LogP contribution in [0, 0.1) is 0 Å². The number of ether oxygens (including phenoxy) is 1. The molecule has 2 N–H and O–H groups in total. The number of rotatable bonds is 5. The molecular weight excluding hydrogens is 317 g/mol. The predicted octanol–water partition coefficient (Wildman–Crippen LogP) is 3.01. The Labute approximate surface area is 130 Å². The third-order valence-corrected chi connectivity index (χ3v) is 3.93. The Balaban J connectivity index is 1.88. The molecule has 1 fully saturated rings. The van der Waals surface area contributed by atoms with E-state index in [1.54, 1.807) is 6.07 Å². The lowest BCUT2D eigenvalue weighted by Gasteiger charge is -2.22. The number of halogens is 3. The summed E-state index contributed by atoms with van der Waals surface area (Å²) < 4.78 is 42.9. The highest BCUT2D eigenvalue weighted by Gasteiger charge is 2.30. The summed E-state index contributed by atoms with van der Waals surface area (Å²) in [5, 5.41) is 5.65. The van der Waals surface area contributed by atoms with Gasteiger partial charge in [-0.15, -0.1) is 0 Å². The largest absolute Gasteiger partial charge is 0.446 e. The van der Waals surface area contributed by atoms with E-state index in [4.69, 9.17) is 4.74 Å². The average Bonchev–Trinajstić information content (AvgIpc) is 2.47. The molecule has 0 spiro atoms. The second kappa shape index (κ2) is 7.85. The van der Waals surface area contributed by atoms with Crippen LogP contribution in [0.15, 0.2) is 29.2 Å². The SMILES string of the molecule is O=C(COC1CCNCC1)Nc1ccccc1SC(F)(F)F. The number of carbonyl (C=O) groups excluding carboxylic acids is 1. The first-order chi connectivity index (χ1) is 10.4. The number of carbonyl (C=O) groups is 1. The average molecular weight is 334 g/mol. The highest BCUT2D eigenvalue weighted by atomic mass is 32.2. The molecule has 122 valence electrons. The summed E-state index contributed by atoms with van der Waals surface area (Å²) in [6, 6.07) is 5.83. The minimum atomic E-state index is -4.40. The fraction of sp³-hybridized carbons (Fsp3) is 0.500. The number of thioether (sulfide) groups is 1. The maximum absolute atomic E-state index is 12.5. The number of amides is 1. The molecule has 1 aliphatic rings. The van der Waals surface area contributed by atoms with Gasteiger partial charge in [-0.1, -0.05) is 12.1 Å². The van der Waals surface area contributed by atoms with Crippen molar-refractivity contribution in [1.82, 2.24) is 5.32 Å². The molecular formula is C14H17F3N2O2S. The van der Waals surface area contributed by atoms with E-state index < -0.39 is 11.4 Å². The molecule has 1 aromatic rings. The van der Waals surface area contributed by atoms with E-state index in [9.17, 15) is 18.0 Å². The van der Waals surface area contributed by atoms with Crippen LogP contribution in [0.25, 0.3) is 0 Å². The standard InChI is InChI=1S/C14H17F3N2O2S/c15-14(16,17)22-12-4-2-1-3-11(12)19-13(20)9-21-10-5-7-18-8-6-10/h1-4,10,18H,5-9H2,(H,19,20). The lowest BCUT2D eigenvalue weighted by Crippen LogP contribution is -2.34. The first-order valence-corrected chi connectivity index (χ1v) is 7.72. The van der Waals surface area contributed by atoms with Gasteiger partial charge in [0.2, 0.25) is 5.91 Å². The minimum Gasteiger partial charge on any atom is -0.368 e. The molecule has 1 amide bonds. The summed E-state index contributed by atoms with van der Waals surface area (Å²) in [7, 11) is 0. The fourth-order valence-electron chi connectivity index (χ4n) is 2.13. The van der Waals surface area contributed by atoms with Crippen molar-refractivity contribution in [2.45, 2.75) is 29.3 Å². The van der Waals surface area contributed by atoms with Gasteiger partial charge in [0.05, 0.1) is 11.8 Å².